The maximum absolute atomic E-state index is 12.1. The first kappa shape index (κ1) is 17.7. The fourth-order valence-corrected chi connectivity index (χ4v) is 3.07. The van der Waals surface area contributed by atoms with Gasteiger partial charge in [-0.3, -0.25) is 9.59 Å². The number of thiophene rings is 1. The molecule has 0 fully saturated rings. The molecule has 0 atom stereocenters. The third-order valence-corrected chi connectivity index (χ3v) is 4.20. The zero-order valence-corrected chi connectivity index (χ0v) is 13.9. The Balaban J connectivity index is 2.27. The number of carbonyl (C=O) groups excluding carboxylic acids is 2. The van der Waals surface area contributed by atoms with Crippen molar-refractivity contribution in [2.24, 2.45) is 0 Å². The van der Waals surface area contributed by atoms with Crippen molar-refractivity contribution in [1.82, 2.24) is 0 Å². The number of benzene rings is 1. The molecule has 1 aromatic carbocycles. The van der Waals surface area contributed by atoms with Crippen molar-refractivity contribution < 1.29 is 24.2 Å². The molecular formula is C17H17NO5S. The largest absolute Gasteiger partial charge is 0.481 e. The first-order valence-electron chi connectivity index (χ1n) is 7.39. The number of ether oxygens (including phenoxy) is 1. The lowest BCUT2D eigenvalue weighted by atomic mass is 10.1. The van der Waals surface area contributed by atoms with E-state index in [1.807, 2.05) is 30.3 Å². The summed E-state index contributed by atoms with van der Waals surface area (Å²) >= 11 is 1.25. The molecule has 1 aromatic heterocycles. The van der Waals surface area contributed by atoms with Gasteiger partial charge in [0, 0.05) is 11.3 Å². The Hall–Kier alpha value is -2.67. The second-order valence-electron chi connectivity index (χ2n) is 4.88. The van der Waals surface area contributed by atoms with Gasteiger partial charge in [0.15, 0.2) is 0 Å². The van der Waals surface area contributed by atoms with Gasteiger partial charge in [-0.2, -0.15) is 0 Å². The van der Waals surface area contributed by atoms with Gasteiger partial charge in [-0.15, -0.1) is 11.3 Å². The number of carboxylic acid groups (broad SMARTS) is 1. The molecule has 0 spiro atoms. The summed E-state index contributed by atoms with van der Waals surface area (Å²) in [5.74, 6) is -2.03. The molecule has 126 valence electrons. The van der Waals surface area contributed by atoms with Crippen molar-refractivity contribution in [3.05, 3.63) is 42.0 Å². The standard InChI is InChI=1S/C17H17NO5S/c1-2-23-17(22)12-10-13(11-6-4-3-5-7-11)24-16(12)18-14(19)8-9-15(20)21/h3-7,10H,2,8-9H2,1H3,(H,18,19)(H,20,21). The van der Waals surface area contributed by atoms with Gasteiger partial charge < -0.3 is 15.2 Å². The summed E-state index contributed by atoms with van der Waals surface area (Å²) in [5.41, 5.74) is 1.18. The van der Waals surface area contributed by atoms with Crippen molar-refractivity contribution in [1.29, 1.82) is 0 Å². The van der Waals surface area contributed by atoms with Crippen LogP contribution in [0.3, 0.4) is 0 Å². The van der Waals surface area contributed by atoms with Crippen LogP contribution in [0.15, 0.2) is 36.4 Å². The monoisotopic (exact) mass is 347 g/mol. The minimum Gasteiger partial charge on any atom is -0.481 e. The Morgan fingerprint density at radius 1 is 1.17 bits per heavy atom. The van der Waals surface area contributed by atoms with E-state index in [2.05, 4.69) is 5.32 Å². The molecule has 1 heterocycles. The molecule has 2 N–H and O–H groups in total. The van der Waals surface area contributed by atoms with Gasteiger partial charge in [0.2, 0.25) is 5.91 Å². The fraction of sp³-hybridized carbons (Fsp3) is 0.235. The van der Waals surface area contributed by atoms with Crippen LogP contribution in [0.2, 0.25) is 0 Å². The first-order chi connectivity index (χ1) is 11.5. The van der Waals surface area contributed by atoms with E-state index in [1.54, 1.807) is 13.0 Å². The van der Waals surface area contributed by atoms with Crippen LogP contribution in [0.25, 0.3) is 10.4 Å². The van der Waals surface area contributed by atoms with E-state index in [0.717, 1.165) is 10.4 Å². The minimum atomic E-state index is -1.05. The molecule has 2 rings (SSSR count). The molecule has 0 bridgehead atoms. The van der Waals surface area contributed by atoms with Crippen LogP contribution in [0.4, 0.5) is 5.00 Å². The van der Waals surface area contributed by atoms with Gasteiger partial charge in [0.05, 0.1) is 18.6 Å². The molecule has 0 radical (unpaired) electrons. The van der Waals surface area contributed by atoms with Crippen molar-refractivity contribution in [3.8, 4) is 10.4 Å². The van der Waals surface area contributed by atoms with Gasteiger partial charge in [-0.25, -0.2) is 4.79 Å². The zero-order valence-electron chi connectivity index (χ0n) is 13.1. The van der Waals surface area contributed by atoms with Crippen molar-refractivity contribution in [2.45, 2.75) is 19.8 Å². The van der Waals surface area contributed by atoms with Gasteiger partial charge in [0.25, 0.3) is 0 Å². The summed E-state index contributed by atoms with van der Waals surface area (Å²) in [6.07, 6.45) is -0.423. The summed E-state index contributed by atoms with van der Waals surface area (Å²) in [6.45, 7) is 1.93. The van der Waals surface area contributed by atoms with E-state index in [0.29, 0.717) is 5.00 Å². The number of aliphatic carboxylic acids is 1. The van der Waals surface area contributed by atoms with Crippen LogP contribution in [-0.4, -0.2) is 29.6 Å². The van der Waals surface area contributed by atoms with Crippen LogP contribution in [0.5, 0.6) is 0 Å². The van der Waals surface area contributed by atoms with Crippen molar-refractivity contribution >= 4 is 34.2 Å². The Bertz CT molecular complexity index is 739. The normalized spacial score (nSPS) is 10.2. The summed E-state index contributed by atoms with van der Waals surface area (Å²) in [4.78, 5) is 35.3. The highest BCUT2D eigenvalue weighted by Crippen LogP contribution is 2.36. The first-order valence-corrected chi connectivity index (χ1v) is 8.21. The SMILES string of the molecule is CCOC(=O)c1cc(-c2ccccc2)sc1NC(=O)CCC(=O)O. The molecule has 0 saturated carbocycles. The highest BCUT2D eigenvalue weighted by Gasteiger charge is 2.20. The number of amides is 1. The lowest BCUT2D eigenvalue weighted by Gasteiger charge is -2.05. The minimum absolute atomic E-state index is 0.157. The number of carboxylic acids is 1. The number of rotatable bonds is 7. The quantitative estimate of drug-likeness (QED) is 0.749. The average molecular weight is 347 g/mol. The van der Waals surface area contributed by atoms with Gasteiger partial charge in [0.1, 0.15) is 5.00 Å². The van der Waals surface area contributed by atoms with Crippen molar-refractivity contribution in [2.75, 3.05) is 11.9 Å². The molecule has 0 aliphatic carbocycles. The molecular weight excluding hydrogens is 330 g/mol. The Morgan fingerprint density at radius 2 is 1.88 bits per heavy atom. The Kier molecular flexibility index (Phi) is 6.08. The van der Waals surface area contributed by atoms with E-state index in [1.165, 1.54) is 11.3 Å². The van der Waals surface area contributed by atoms with E-state index in [9.17, 15) is 14.4 Å². The molecule has 1 amide bonds. The molecule has 6 nitrogen and oxygen atoms in total. The second kappa shape index (κ2) is 8.26. The highest BCUT2D eigenvalue weighted by molar-refractivity contribution is 7.20. The van der Waals surface area contributed by atoms with Crippen LogP contribution in [-0.2, 0) is 14.3 Å². The molecule has 2 aromatic rings. The average Bonchev–Trinajstić information content (AvgIpc) is 2.98. The summed E-state index contributed by atoms with van der Waals surface area (Å²) in [6, 6.07) is 11.1. The van der Waals surface area contributed by atoms with Gasteiger partial charge in [-0.05, 0) is 18.6 Å². The summed E-state index contributed by atoms with van der Waals surface area (Å²) < 4.78 is 5.02. The van der Waals surface area contributed by atoms with Crippen LogP contribution in [0, 0.1) is 0 Å². The fourth-order valence-electron chi connectivity index (χ4n) is 2.00. The number of nitrogens with one attached hydrogen (secondary N) is 1. The molecule has 0 saturated heterocycles. The predicted molar refractivity (Wildman–Crippen MR) is 91.2 cm³/mol. The van der Waals surface area contributed by atoms with E-state index < -0.39 is 17.8 Å². The third kappa shape index (κ3) is 4.66. The third-order valence-electron chi connectivity index (χ3n) is 3.10. The molecule has 0 aliphatic rings. The maximum atomic E-state index is 12.1. The Labute approximate surface area is 143 Å². The van der Waals surface area contributed by atoms with Crippen LogP contribution < -0.4 is 5.32 Å². The van der Waals surface area contributed by atoms with Crippen LogP contribution >= 0.6 is 11.3 Å². The van der Waals surface area contributed by atoms with Gasteiger partial charge in [-0.1, -0.05) is 30.3 Å². The Morgan fingerprint density at radius 3 is 2.50 bits per heavy atom. The molecule has 24 heavy (non-hydrogen) atoms. The number of carbonyl (C=O) groups is 3. The zero-order chi connectivity index (χ0) is 17.5. The number of esters is 1. The topological polar surface area (TPSA) is 92.7 Å². The number of hydrogen-bond donors (Lipinski definition) is 2. The predicted octanol–water partition coefficient (Wildman–Crippen LogP) is 3.40. The molecule has 7 heteroatoms. The smallest absolute Gasteiger partial charge is 0.341 e. The van der Waals surface area contributed by atoms with Gasteiger partial charge >= 0.3 is 11.9 Å². The van der Waals surface area contributed by atoms with Crippen LogP contribution in [0.1, 0.15) is 30.1 Å². The lowest BCUT2D eigenvalue weighted by Crippen LogP contribution is -2.15. The van der Waals surface area contributed by atoms with E-state index in [4.69, 9.17) is 9.84 Å². The number of anilines is 1. The maximum Gasteiger partial charge on any atom is 0.341 e. The van der Waals surface area contributed by atoms with Crippen molar-refractivity contribution in [3.63, 3.8) is 0 Å². The second-order valence-corrected chi connectivity index (χ2v) is 5.93. The summed E-state index contributed by atoms with van der Waals surface area (Å²) in [7, 11) is 0. The number of hydrogen-bond acceptors (Lipinski definition) is 5. The highest BCUT2D eigenvalue weighted by atomic mass is 32.1. The molecule has 0 unspecified atom stereocenters. The lowest BCUT2D eigenvalue weighted by molar-refractivity contribution is -0.138. The van der Waals surface area contributed by atoms with E-state index >= 15 is 0 Å². The molecule has 0 aliphatic heterocycles. The van der Waals surface area contributed by atoms with E-state index in [-0.39, 0.29) is 25.0 Å². The summed E-state index contributed by atoms with van der Waals surface area (Å²) in [5, 5.41) is 11.6.